The molecule has 6 nitrogen and oxygen atoms in total. The maximum Gasteiger partial charge on any atom is 0.298 e. The van der Waals surface area contributed by atoms with Gasteiger partial charge in [0.2, 0.25) is 5.78 Å². The lowest BCUT2D eigenvalue weighted by atomic mass is 10.0. The number of para-hydroxylation sites is 1. The van der Waals surface area contributed by atoms with Crippen molar-refractivity contribution in [2.45, 2.75) is 0 Å². The van der Waals surface area contributed by atoms with Crippen LogP contribution in [0.4, 0.5) is 0 Å². The molecule has 0 spiro atoms. The van der Waals surface area contributed by atoms with Gasteiger partial charge in [-0.15, -0.1) is 0 Å². The highest BCUT2D eigenvalue weighted by Crippen LogP contribution is 2.35. The van der Waals surface area contributed by atoms with E-state index in [-0.39, 0.29) is 29.1 Å². The number of carbonyl (C=O) groups excluding carboxylic acids is 2. The van der Waals surface area contributed by atoms with E-state index in [2.05, 4.69) is 4.74 Å². The molecule has 0 aliphatic heterocycles. The molecular weight excluding hydrogens is 264 g/mol. The lowest BCUT2D eigenvalue weighted by molar-refractivity contribution is -0.120. The lowest BCUT2D eigenvalue weighted by Gasteiger charge is -2.09. The van der Waals surface area contributed by atoms with Gasteiger partial charge >= 0.3 is 0 Å². The Balaban J connectivity index is 2.57. The standard InChI is InChI=1S/C14H10O6/c15-7-20-13-6-12(18)11(17)5-9(13)14(19)8-3-1-2-4-10(8)16/h1-7,16-18H. The van der Waals surface area contributed by atoms with Gasteiger partial charge in [0.1, 0.15) is 11.5 Å². The number of benzene rings is 2. The average Bonchev–Trinajstić information content (AvgIpc) is 2.43. The van der Waals surface area contributed by atoms with Gasteiger partial charge in [0, 0.05) is 6.07 Å². The van der Waals surface area contributed by atoms with E-state index in [1.807, 2.05) is 0 Å². The van der Waals surface area contributed by atoms with Crippen LogP contribution in [0.2, 0.25) is 0 Å². The molecule has 102 valence electrons. The Morgan fingerprint density at radius 1 is 0.950 bits per heavy atom. The van der Waals surface area contributed by atoms with Gasteiger partial charge in [-0.25, -0.2) is 0 Å². The molecule has 0 atom stereocenters. The zero-order chi connectivity index (χ0) is 14.7. The Labute approximate surface area is 113 Å². The van der Waals surface area contributed by atoms with E-state index in [0.717, 1.165) is 12.1 Å². The van der Waals surface area contributed by atoms with Crippen molar-refractivity contribution in [3.05, 3.63) is 47.5 Å². The molecule has 2 rings (SSSR count). The van der Waals surface area contributed by atoms with Crippen molar-refractivity contribution in [2.75, 3.05) is 0 Å². The third-order valence-corrected chi connectivity index (χ3v) is 2.65. The molecule has 0 heterocycles. The van der Waals surface area contributed by atoms with E-state index < -0.39 is 17.3 Å². The number of ketones is 1. The molecule has 0 fully saturated rings. The minimum atomic E-state index is -0.657. The first kappa shape index (κ1) is 13.4. The third kappa shape index (κ3) is 2.39. The molecule has 0 radical (unpaired) electrons. The van der Waals surface area contributed by atoms with Crippen LogP contribution < -0.4 is 4.74 Å². The van der Waals surface area contributed by atoms with Crippen molar-refractivity contribution in [3.63, 3.8) is 0 Å². The molecule has 0 amide bonds. The first-order chi connectivity index (χ1) is 9.54. The molecular formula is C14H10O6. The smallest absolute Gasteiger partial charge is 0.298 e. The van der Waals surface area contributed by atoms with Gasteiger partial charge in [-0.1, -0.05) is 12.1 Å². The van der Waals surface area contributed by atoms with Crippen LogP contribution in [0, 0.1) is 0 Å². The summed E-state index contributed by atoms with van der Waals surface area (Å²) in [4.78, 5) is 22.7. The van der Waals surface area contributed by atoms with Crippen LogP contribution in [0.15, 0.2) is 36.4 Å². The number of phenolic OH excluding ortho intramolecular Hbond substituents is 3. The number of hydrogen-bond donors (Lipinski definition) is 3. The molecule has 0 unspecified atom stereocenters. The summed E-state index contributed by atoms with van der Waals surface area (Å²) in [6.45, 7) is 0.0907. The zero-order valence-electron chi connectivity index (χ0n) is 10.1. The van der Waals surface area contributed by atoms with Gasteiger partial charge < -0.3 is 20.1 Å². The van der Waals surface area contributed by atoms with Crippen molar-refractivity contribution < 1.29 is 29.6 Å². The molecule has 6 heteroatoms. The van der Waals surface area contributed by atoms with Gasteiger partial charge in [-0.05, 0) is 18.2 Å². The van der Waals surface area contributed by atoms with E-state index in [1.165, 1.54) is 12.1 Å². The summed E-state index contributed by atoms with van der Waals surface area (Å²) in [5.74, 6) is -2.20. The van der Waals surface area contributed by atoms with Gasteiger partial charge in [-0.2, -0.15) is 0 Å². The molecule has 0 saturated heterocycles. The Morgan fingerprint density at radius 3 is 2.25 bits per heavy atom. The van der Waals surface area contributed by atoms with Gasteiger partial charge in [-0.3, -0.25) is 9.59 Å². The minimum Gasteiger partial charge on any atom is -0.507 e. The molecule has 2 aromatic rings. The summed E-state index contributed by atoms with van der Waals surface area (Å²) < 4.78 is 4.60. The Hall–Kier alpha value is -3.02. The van der Waals surface area contributed by atoms with Crippen LogP contribution in [-0.4, -0.2) is 27.6 Å². The molecule has 0 aliphatic carbocycles. The largest absolute Gasteiger partial charge is 0.507 e. The summed E-state index contributed by atoms with van der Waals surface area (Å²) in [5.41, 5.74) is -0.178. The fourth-order valence-electron chi connectivity index (χ4n) is 1.70. The average molecular weight is 274 g/mol. The molecule has 0 saturated carbocycles. The predicted octanol–water partition coefficient (Wildman–Crippen LogP) is 1.57. The Kier molecular flexibility index (Phi) is 3.56. The fraction of sp³-hybridized carbons (Fsp3) is 0. The van der Waals surface area contributed by atoms with Crippen LogP contribution in [0.25, 0.3) is 0 Å². The summed E-state index contributed by atoms with van der Waals surface area (Å²) >= 11 is 0. The summed E-state index contributed by atoms with van der Waals surface area (Å²) in [6.07, 6.45) is 0. The third-order valence-electron chi connectivity index (χ3n) is 2.65. The normalized spacial score (nSPS) is 10.0. The lowest BCUT2D eigenvalue weighted by Crippen LogP contribution is -2.05. The number of aromatic hydroxyl groups is 3. The summed E-state index contributed by atoms with van der Waals surface area (Å²) in [5, 5.41) is 28.4. The Bertz CT molecular complexity index is 677. The Morgan fingerprint density at radius 2 is 1.60 bits per heavy atom. The maximum atomic E-state index is 12.3. The number of carbonyl (C=O) groups is 2. The number of phenols is 3. The second-order valence-electron chi connectivity index (χ2n) is 3.90. The summed E-state index contributed by atoms with van der Waals surface area (Å²) in [7, 11) is 0. The topological polar surface area (TPSA) is 104 Å². The second-order valence-corrected chi connectivity index (χ2v) is 3.90. The van der Waals surface area contributed by atoms with E-state index >= 15 is 0 Å². The SMILES string of the molecule is O=COc1cc(O)c(O)cc1C(=O)c1ccccc1O. The highest BCUT2D eigenvalue weighted by Gasteiger charge is 2.20. The quantitative estimate of drug-likeness (QED) is 0.444. The van der Waals surface area contributed by atoms with Crippen LogP contribution in [0.5, 0.6) is 23.0 Å². The van der Waals surface area contributed by atoms with Crippen LogP contribution in [-0.2, 0) is 4.79 Å². The number of ether oxygens (including phenoxy) is 1. The molecule has 20 heavy (non-hydrogen) atoms. The zero-order valence-corrected chi connectivity index (χ0v) is 10.1. The highest BCUT2D eigenvalue weighted by atomic mass is 16.5. The minimum absolute atomic E-state index is 0.0201. The van der Waals surface area contributed by atoms with Crippen LogP contribution >= 0.6 is 0 Å². The number of rotatable bonds is 4. The maximum absolute atomic E-state index is 12.3. The second kappa shape index (κ2) is 5.31. The molecule has 3 N–H and O–H groups in total. The van der Waals surface area contributed by atoms with E-state index in [1.54, 1.807) is 12.1 Å². The monoisotopic (exact) mass is 274 g/mol. The van der Waals surface area contributed by atoms with Crippen molar-refractivity contribution in [1.82, 2.24) is 0 Å². The van der Waals surface area contributed by atoms with Crippen molar-refractivity contribution >= 4 is 12.3 Å². The predicted molar refractivity (Wildman–Crippen MR) is 68.0 cm³/mol. The van der Waals surface area contributed by atoms with Gasteiger partial charge in [0.05, 0.1) is 11.1 Å². The van der Waals surface area contributed by atoms with Gasteiger partial charge in [0.15, 0.2) is 11.5 Å². The molecule has 0 aromatic heterocycles. The highest BCUT2D eigenvalue weighted by molar-refractivity contribution is 6.12. The summed E-state index contributed by atoms with van der Waals surface area (Å²) in [6, 6.07) is 7.70. The van der Waals surface area contributed by atoms with E-state index in [9.17, 15) is 24.9 Å². The van der Waals surface area contributed by atoms with Crippen molar-refractivity contribution in [3.8, 4) is 23.0 Å². The molecule has 2 aromatic carbocycles. The van der Waals surface area contributed by atoms with Crippen molar-refractivity contribution in [2.24, 2.45) is 0 Å². The van der Waals surface area contributed by atoms with Gasteiger partial charge in [0.25, 0.3) is 6.47 Å². The van der Waals surface area contributed by atoms with E-state index in [4.69, 9.17) is 0 Å². The molecule has 0 bridgehead atoms. The van der Waals surface area contributed by atoms with Crippen LogP contribution in [0.3, 0.4) is 0 Å². The van der Waals surface area contributed by atoms with Crippen LogP contribution in [0.1, 0.15) is 15.9 Å². The van der Waals surface area contributed by atoms with E-state index in [0.29, 0.717) is 0 Å². The first-order valence-electron chi connectivity index (χ1n) is 5.53. The fourth-order valence-corrected chi connectivity index (χ4v) is 1.70. The first-order valence-corrected chi connectivity index (χ1v) is 5.53. The van der Waals surface area contributed by atoms with Crippen molar-refractivity contribution in [1.29, 1.82) is 0 Å². The number of hydrogen-bond acceptors (Lipinski definition) is 6. The molecule has 0 aliphatic rings.